The second-order valence-corrected chi connectivity index (χ2v) is 6.68. The highest BCUT2D eigenvalue weighted by Gasteiger charge is 2.47. The molecule has 0 spiro atoms. The average molecular weight is 399 g/mol. The van der Waals surface area contributed by atoms with E-state index < -0.39 is 30.6 Å². The molecule has 0 saturated carbocycles. The quantitative estimate of drug-likeness (QED) is 0.396. The van der Waals surface area contributed by atoms with Gasteiger partial charge in [-0.1, -0.05) is 65.8 Å². The van der Waals surface area contributed by atoms with Gasteiger partial charge in [-0.05, 0) is 16.7 Å². The van der Waals surface area contributed by atoms with Crippen LogP contribution in [0.1, 0.15) is 11.1 Å². The van der Waals surface area contributed by atoms with Crippen molar-refractivity contribution < 1.29 is 24.1 Å². The van der Waals surface area contributed by atoms with Gasteiger partial charge in [0, 0.05) is 12.0 Å². The average Bonchev–Trinajstić information content (AvgIpc) is 2.78. The zero-order chi connectivity index (χ0) is 20.5. The first kappa shape index (κ1) is 21.3. The Kier molecular flexibility index (Phi) is 8.01. The lowest BCUT2D eigenvalue weighted by Gasteiger charge is -2.43. The number of rotatable bonds is 9. The molecule has 1 aliphatic rings. The van der Waals surface area contributed by atoms with Crippen molar-refractivity contribution in [2.45, 2.75) is 43.9 Å². The van der Waals surface area contributed by atoms with Crippen LogP contribution in [0.2, 0.25) is 0 Å². The Hall–Kier alpha value is -2.45. The van der Waals surface area contributed by atoms with E-state index in [1.807, 2.05) is 60.7 Å². The molecule has 2 aromatic rings. The molecule has 0 amide bonds. The number of methoxy groups -OCH3 is 1. The van der Waals surface area contributed by atoms with Crippen LogP contribution in [0.3, 0.4) is 0 Å². The third-order valence-corrected chi connectivity index (χ3v) is 4.78. The Labute approximate surface area is 169 Å². The minimum absolute atomic E-state index is 0.284. The van der Waals surface area contributed by atoms with Gasteiger partial charge in [-0.25, -0.2) is 0 Å². The highest BCUT2D eigenvalue weighted by Crippen LogP contribution is 2.30. The van der Waals surface area contributed by atoms with Gasteiger partial charge < -0.3 is 24.1 Å². The summed E-state index contributed by atoms with van der Waals surface area (Å²) >= 11 is 0. The number of hydrogen-bond acceptors (Lipinski definition) is 6. The highest BCUT2D eigenvalue weighted by molar-refractivity contribution is 5.14. The van der Waals surface area contributed by atoms with Crippen LogP contribution < -0.4 is 0 Å². The van der Waals surface area contributed by atoms with Crippen molar-refractivity contribution >= 4 is 0 Å². The van der Waals surface area contributed by atoms with Gasteiger partial charge in [0.25, 0.3) is 0 Å². The predicted octanol–water partition coefficient (Wildman–Crippen LogP) is 3.20. The van der Waals surface area contributed by atoms with Crippen LogP contribution in [0.4, 0.5) is 0 Å². The molecule has 1 fully saturated rings. The summed E-state index contributed by atoms with van der Waals surface area (Å²) in [7, 11) is 1.46. The van der Waals surface area contributed by atoms with E-state index in [2.05, 4.69) is 10.0 Å². The molecule has 1 saturated heterocycles. The van der Waals surface area contributed by atoms with E-state index in [-0.39, 0.29) is 6.61 Å². The fraction of sp³-hybridized carbons (Fsp3) is 0.429. The number of aliphatic hydroxyl groups is 1. The summed E-state index contributed by atoms with van der Waals surface area (Å²) in [6, 6.07) is 18.6. The summed E-state index contributed by atoms with van der Waals surface area (Å²) < 4.78 is 23.4. The van der Waals surface area contributed by atoms with E-state index in [1.165, 1.54) is 7.11 Å². The normalized spacial score (nSPS) is 26.6. The first-order valence-electron chi connectivity index (χ1n) is 9.41. The summed E-state index contributed by atoms with van der Waals surface area (Å²) in [5, 5.41) is 13.7. The maximum Gasteiger partial charge on any atom is 0.168 e. The Balaban J connectivity index is 1.82. The molecular formula is C21H25N3O5. The van der Waals surface area contributed by atoms with Gasteiger partial charge in [-0.15, -0.1) is 0 Å². The molecule has 0 aliphatic carbocycles. The van der Waals surface area contributed by atoms with E-state index in [0.717, 1.165) is 11.1 Å². The minimum Gasteiger partial charge on any atom is -0.394 e. The lowest BCUT2D eigenvalue weighted by Crippen LogP contribution is -2.60. The van der Waals surface area contributed by atoms with E-state index in [4.69, 9.17) is 24.5 Å². The van der Waals surface area contributed by atoms with Crippen LogP contribution >= 0.6 is 0 Å². The summed E-state index contributed by atoms with van der Waals surface area (Å²) in [6.45, 7) is 0.313. The Morgan fingerprint density at radius 2 is 1.52 bits per heavy atom. The van der Waals surface area contributed by atoms with Gasteiger partial charge >= 0.3 is 0 Å². The van der Waals surface area contributed by atoms with Gasteiger partial charge in [0.15, 0.2) is 6.29 Å². The van der Waals surface area contributed by atoms with Crippen LogP contribution in [-0.2, 0) is 32.2 Å². The summed E-state index contributed by atoms with van der Waals surface area (Å²) in [5.41, 5.74) is 11.0. The van der Waals surface area contributed by atoms with Crippen molar-refractivity contribution in [2.75, 3.05) is 13.7 Å². The molecule has 29 heavy (non-hydrogen) atoms. The molecule has 5 atom stereocenters. The molecule has 1 N–H and O–H groups in total. The van der Waals surface area contributed by atoms with Gasteiger partial charge in [-0.2, -0.15) is 0 Å². The van der Waals surface area contributed by atoms with Crippen LogP contribution in [0.5, 0.6) is 0 Å². The third kappa shape index (κ3) is 5.55. The monoisotopic (exact) mass is 399 g/mol. The second-order valence-electron chi connectivity index (χ2n) is 6.68. The van der Waals surface area contributed by atoms with Crippen molar-refractivity contribution in [1.82, 2.24) is 0 Å². The lowest BCUT2D eigenvalue weighted by atomic mass is 9.96. The van der Waals surface area contributed by atoms with Crippen LogP contribution in [0.15, 0.2) is 65.8 Å². The summed E-state index contributed by atoms with van der Waals surface area (Å²) in [6.07, 6.45) is -2.84. The fourth-order valence-corrected chi connectivity index (χ4v) is 3.34. The number of azide groups is 1. The fourth-order valence-electron chi connectivity index (χ4n) is 3.34. The second kappa shape index (κ2) is 10.9. The van der Waals surface area contributed by atoms with Crippen molar-refractivity contribution in [3.05, 3.63) is 82.2 Å². The van der Waals surface area contributed by atoms with Crippen molar-refractivity contribution in [1.29, 1.82) is 0 Å². The number of nitrogens with zero attached hydrogens (tertiary/aromatic N) is 3. The molecule has 0 aromatic heterocycles. The van der Waals surface area contributed by atoms with Gasteiger partial charge in [-0.3, -0.25) is 0 Å². The molecule has 8 nitrogen and oxygen atoms in total. The van der Waals surface area contributed by atoms with Gasteiger partial charge in [0.2, 0.25) is 0 Å². The third-order valence-electron chi connectivity index (χ3n) is 4.78. The molecule has 0 unspecified atom stereocenters. The van der Waals surface area contributed by atoms with Crippen molar-refractivity contribution in [2.24, 2.45) is 5.11 Å². The van der Waals surface area contributed by atoms with Crippen LogP contribution in [0, 0.1) is 0 Å². The zero-order valence-electron chi connectivity index (χ0n) is 16.2. The standard InChI is InChI=1S/C21H25N3O5/c1-26-21-18(23-24-22)20(28-14-16-10-6-3-7-11-16)19(17(12-25)29-21)27-13-15-8-4-2-5-9-15/h2-11,17-21,25H,12-14H2,1H3/t17-,18-,19-,20-,21+/m1/s1. The number of ether oxygens (including phenoxy) is 4. The van der Waals surface area contributed by atoms with Crippen LogP contribution in [-0.4, -0.2) is 49.5 Å². The summed E-state index contributed by atoms with van der Waals surface area (Å²) in [5.74, 6) is 0. The summed E-state index contributed by atoms with van der Waals surface area (Å²) in [4.78, 5) is 2.93. The van der Waals surface area contributed by atoms with E-state index >= 15 is 0 Å². The minimum atomic E-state index is -0.847. The molecule has 1 aliphatic heterocycles. The smallest absolute Gasteiger partial charge is 0.168 e. The zero-order valence-corrected chi connectivity index (χ0v) is 16.2. The molecule has 1 heterocycles. The van der Waals surface area contributed by atoms with E-state index in [9.17, 15) is 5.11 Å². The van der Waals surface area contributed by atoms with E-state index in [1.54, 1.807) is 0 Å². The first-order valence-corrected chi connectivity index (χ1v) is 9.41. The largest absolute Gasteiger partial charge is 0.394 e. The number of hydrogen-bond donors (Lipinski definition) is 1. The van der Waals surface area contributed by atoms with Crippen LogP contribution in [0.25, 0.3) is 10.4 Å². The number of benzene rings is 2. The Morgan fingerprint density at radius 1 is 0.966 bits per heavy atom. The molecule has 3 rings (SSSR count). The number of aliphatic hydroxyl groups excluding tert-OH is 1. The van der Waals surface area contributed by atoms with Gasteiger partial charge in [0.1, 0.15) is 24.4 Å². The lowest BCUT2D eigenvalue weighted by molar-refractivity contribution is -0.277. The molecule has 0 radical (unpaired) electrons. The van der Waals surface area contributed by atoms with Crippen molar-refractivity contribution in [3.63, 3.8) is 0 Å². The maximum atomic E-state index is 9.87. The van der Waals surface area contributed by atoms with Gasteiger partial charge in [0.05, 0.1) is 19.8 Å². The Bertz CT molecular complexity index is 785. The molecule has 8 heteroatoms. The first-order chi connectivity index (χ1) is 14.3. The Morgan fingerprint density at radius 3 is 2.00 bits per heavy atom. The van der Waals surface area contributed by atoms with Crippen molar-refractivity contribution in [3.8, 4) is 0 Å². The highest BCUT2D eigenvalue weighted by atomic mass is 16.7. The topological polar surface area (TPSA) is 106 Å². The molecule has 2 aromatic carbocycles. The predicted molar refractivity (Wildman–Crippen MR) is 106 cm³/mol. The molecule has 0 bridgehead atoms. The molecule has 154 valence electrons. The maximum absolute atomic E-state index is 9.87. The molecular weight excluding hydrogens is 374 g/mol. The van der Waals surface area contributed by atoms with E-state index in [0.29, 0.717) is 13.2 Å². The SMILES string of the molecule is CO[C@H]1O[C@H](CO)[C@@H](OCc2ccccc2)[C@H](OCc2ccccc2)[C@H]1N=[N+]=[N-].